The zero-order valence-corrected chi connectivity index (χ0v) is 12.3. The van der Waals surface area contributed by atoms with Crippen molar-refractivity contribution in [2.24, 2.45) is 5.92 Å². The van der Waals surface area contributed by atoms with Gasteiger partial charge in [0.15, 0.2) is 0 Å². The summed E-state index contributed by atoms with van der Waals surface area (Å²) in [4.78, 5) is 25.9. The van der Waals surface area contributed by atoms with E-state index in [1.165, 1.54) is 4.90 Å². The van der Waals surface area contributed by atoms with Gasteiger partial charge in [0.05, 0.1) is 0 Å². The summed E-state index contributed by atoms with van der Waals surface area (Å²) in [5.74, 6) is 0.204. The van der Waals surface area contributed by atoms with Crippen molar-refractivity contribution in [3.05, 3.63) is 35.9 Å². The van der Waals surface area contributed by atoms with Gasteiger partial charge in [0.25, 0.3) is 5.91 Å². The van der Waals surface area contributed by atoms with E-state index in [2.05, 4.69) is 12.2 Å². The summed E-state index contributed by atoms with van der Waals surface area (Å²) in [6.07, 6.45) is 1.47. The van der Waals surface area contributed by atoms with Crippen molar-refractivity contribution < 1.29 is 9.59 Å². The lowest BCUT2D eigenvalue weighted by atomic mass is 9.92. The lowest BCUT2D eigenvalue weighted by molar-refractivity contribution is -0.131. The fraction of sp³-hybridized carbons (Fsp3) is 0.500. The number of rotatable bonds is 5. The molecule has 0 aromatic heterocycles. The first kappa shape index (κ1) is 14.6. The third-order valence-corrected chi connectivity index (χ3v) is 3.94. The molecule has 1 aromatic carbocycles. The van der Waals surface area contributed by atoms with Crippen molar-refractivity contribution >= 4 is 11.9 Å². The number of nitrogens with zero attached hydrogens (tertiary/aromatic N) is 1. The van der Waals surface area contributed by atoms with Crippen LogP contribution in [0.2, 0.25) is 0 Å². The Morgan fingerprint density at radius 2 is 1.90 bits per heavy atom. The lowest BCUT2D eigenvalue weighted by Gasteiger charge is -2.22. The van der Waals surface area contributed by atoms with Gasteiger partial charge in [0, 0.05) is 13.0 Å². The molecule has 1 N–H and O–H groups in total. The predicted molar refractivity (Wildman–Crippen MR) is 78.3 cm³/mol. The first-order valence-electron chi connectivity index (χ1n) is 7.14. The van der Waals surface area contributed by atoms with Gasteiger partial charge >= 0.3 is 6.03 Å². The van der Waals surface area contributed by atoms with Gasteiger partial charge in [-0.15, -0.1) is 0 Å². The second-order valence-corrected chi connectivity index (χ2v) is 5.85. The van der Waals surface area contributed by atoms with Crippen molar-refractivity contribution in [1.29, 1.82) is 0 Å². The number of benzene rings is 1. The predicted octanol–water partition coefficient (Wildman–Crippen LogP) is 2.59. The van der Waals surface area contributed by atoms with Crippen LogP contribution in [0.5, 0.6) is 0 Å². The Bertz CT molecular complexity index is 500. The van der Waals surface area contributed by atoms with E-state index < -0.39 is 5.54 Å². The van der Waals surface area contributed by atoms with Crippen LogP contribution in [0.1, 0.15) is 32.8 Å². The number of hydrogen-bond acceptors (Lipinski definition) is 2. The van der Waals surface area contributed by atoms with Crippen molar-refractivity contribution in [3.63, 3.8) is 0 Å². The molecule has 1 fully saturated rings. The minimum Gasteiger partial charge on any atom is -0.323 e. The van der Waals surface area contributed by atoms with Crippen LogP contribution >= 0.6 is 0 Å². The summed E-state index contributed by atoms with van der Waals surface area (Å²) >= 11 is 0. The Labute approximate surface area is 120 Å². The van der Waals surface area contributed by atoms with Crippen molar-refractivity contribution in [2.75, 3.05) is 6.54 Å². The Morgan fingerprint density at radius 1 is 1.25 bits per heavy atom. The maximum absolute atomic E-state index is 12.5. The van der Waals surface area contributed by atoms with E-state index in [4.69, 9.17) is 0 Å². The number of nitrogens with one attached hydrogen (secondary N) is 1. The van der Waals surface area contributed by atoms with Crippen molar-refractivity contribution in [2.45, 2.75) is 39.2 Å². The highest BCUT2D eigenvalue weighted by atomic mass is 16.2. The van der Waals surface area contributed by atoms with E-state index in [1.54, 1.807) is 6.92 Å². The van der Waals surface area contributed by atoms with E-state index in [0.717, 1.165) is 12.0 Å². The van der Waals surface area contributed by atoms with Gasteiger partial charge in [-0.25, -0.2) is 4.79 Å². The topological polar surface area (TPSA) is 49.4 Å². The molecule has 1 aromatic rings. The molecule has 1 saturated heterocycles. The zero-order valence-electron chi connectivity index (χ0n) is 12.3. The average molecular weight is 274 g/mol. The molecule has 1 aliphatic rings. The van der Waals surface area contributed by atoms with Crippen LogP contribution in [0.4, 0.5) is 4.79 Å². The van der Waals surface area contributed by atoms with Crippen molar-refractivity contribution in [3.8, 4) is 0 Å². The molecule has 2 atom stereocenters. The van der Waals surface area contributed by atoms with E-state index in [9.17, 15) is 9.59 Å². The van der Waals surface area contributed by atoms with Crippen LogP contribution in [0.25, 0.3) is 0 Å². The minimum absolute atomic E-state index is 0.119. The standard InChI is InChI=1S/C16H22N2O2/c1-4-12(2)11-18-14(19)16(3,17-15(18)20)10-13-8-6-5-7-9-13/h5-9,12H,4,10-11H2,1-3H3,(H,17,20)/t12-,16+/m1/s1. The summed E-state index contributed by atoms with van der Waals surface area (Å²) in [5.41, 5.74) is 0.223. The van der Waals surface area contributed by atoms with Gasteiger partial charge in [-0.3, -0.25) is 9.69 Å². The van der Waals surface area contributed by atoms with Crippen molar-refractivity contribution in [1.82, 2.24) is 10.2 Å². The van der Waals surface area contributed by atoms with Crippen LogP contribution in [-0.4, -0.2) is 28.9 Å². The number of imide groups is 1. The molecule has 20 heavy (non-hydrogen) atoms. The third kappa shape index (κ3) is 2.84. The fourth-order valence-electron chi connectivity index (χ4n) is 2.48. The SMILES string of the molecule is CC[C@@H](C)CN1C(=O)N[C@@](C)(Cc2ccccc2)C1=O. The third-order valence-electron chi connectivity index (χ3n) is 3.94. The van der Waals surface area contributed by atoms with E-state index >= 15 is 0 Å². The lowest BCUT2D eigenvalue weighted by Crippen LogP contribution is -2.46. The number of carbonyl (C=O) groups excluding carboxylic acids is 2. The molecule has 0 unspecified atom stereocenters. The molecule has 2 rings (SSSR count). The monoisotopic (exact) mass is 274 g/mol. The first-order valence-corrected chi connectivity index (χ1v) is 7.14. The van der Waals surface area contributed by atoms with Crippen LogP contribution in [0, 0.1) is 5.92 Å². The van der Waals surface area contributed by atoms with Gasteiger partial charge in [-0.2, -0.15) is 0 Å². The molecule has 3 amide bonds. The molecule has 0 bridgehead atoms. The molecule has 4 heteroatoms. The van der Waals surface area contributed by atoms with E-state index in [-0.39, 0.29) is 11.9 Å². The molecule has 0 saturated carbocycles. The maximum atomic E-state index is 12.5. The normalized spacial score (nSPS) is 23.9. The number of amides is 3. The molecule has 1 aliphatic heterocycles. The first-order chi connectivity index (χ1) is 9.46. The van der Waals surface area contributed by atoms with Gasteiger partial charge in [0.1, 0.15) is 5.54 Å². The minimum atomic E-state index is -0.827. The molecule has 108 valence electrons. The molecule has 0 spiro atoms. The average Bonchev–Trinajstić information content (AvgIpc) is 2.63. The Balaban J connectivity index is 2.13. The molecule has 4 nitrogen and oxygen atoms in total. The van der Waals surface area contributed by atoms with Crippen LogP contribution in [0.3, 0.4) is 0 Å². The second-order valence-electron chi connectivity index (χ2n) is 5.85. The fourth-order valence-corrected chi connectivity index (χ4v) is 2.48. The molecular weight excluding hydrogens is 252 g/mol. The smallest absolute Gasteiger partial charge is 0.323 e. The highest BCUT2D eigenvalue weighted by Gasteiger charge is 2.47. The van der Waals surface area contributed by atoms with E-state index in [0.29, 0.717) is 18.9 Å². The maximum Gasteiger partial charge on any atom is 0.325 e. The summed E-state index contributed by atoms with van der Waals surface area (Å²) in [5, 5.41) is 2.85. The molecule has 0 aliphatic carbocycles. The Morgan fingerprint density at radius 3 is 2.50 bits per heavy atom. The summed E-state index contributed by atoms with van der Waals surface area (Å²) in [6.45, 7) is 6.40. The molecular formula is C16H22N2O2. The quantitative estimate of drug-likeness (QED) is 0.839. The Kier molecular flexibility index (Phi) is 4.12. The zero-order chi connectivity index (χ0) is 14.8. The number of carbonyl (C=O) groups is 2. The summed E-state index contributed by atoms with van der Waals surface area (Å²) in [7, 11) is 0. The number of urea groups is 1. The second kappa shape index (κ2) is 5.65. The Hall–Kier alpha value is -1.84. The van der Waals surface area contributed by atoms with Crippen LogP contribution < -0.4 is 5.32 Å². The van der Waals surface area contributed by atoms with Gasteiger partial charge in [-0.1, -0.05) is 50.6 Å². The van der Waals surface area contributed by atoms with E-state index in [1.807, 2.05) is 37.3 Å². The van der Waals surface area contributed by atoms with Gasteiger partial charge in [0.2, 0.25) is 0 Å². The highest BCUT2D eigenvalue weighted by Crippen LogP contribution is 2.23. The van der Waals surface area contributed by atoms with Crippen LogP contribution in [-0.2, 0) is 11.2 Å². The molecule has 0 radical (unpaired) electrons. The molecule has 1 heterocycles. The van der Waals surface area contributed by atoms with Crippen LogP contribution in [0.15, 0.2) is 30.3 Å². The highest BCUT2D eigenvalue weighted by molar-refractivity contribution is 6.06. The van der Waals surface area contributed by atoms with Gasteiger partial charge in [-0.05, 0) is 18.4 Å². The number of hydrogen-bond donors (Lipinski definition) is 1. The largest absolute Gasteiger partial charge is 0.325 e. The summed E-state index contributed by atoms with van der Waals surface area (Å²) in [6, 6.07) is 9.50. The van der Waals surface area contributed by atoms with Gasteiger partial charge < -0.3 is 5.32 Å². The summed E-state index contributed by atoms with van der Waals surface area (Å²) < 4.78 is 0.